The fourth-order valence-electron chi connectivity index (χ4n) is 3.10. The van der Waals surface area contributed by atoms with Crippen LogP contribution in [0.25, 0.3) is 11.3 Å². The Morgan fingerprint density at radius 1 is 1.21 bits per heavy atom. The first-order valence-corrected chi connectivity index (χ1v) is 7.90. The number of benzene rings is 1. The van der Waals surface area contributed by atoms with Gasteiger partial charge in [0.05, 0.1) is 6.54 Å². The first-order chi connectivity index (χ1) is 11.6. The summed E-state index contributed by atoms with van der Waals surface area (Å²) in [5, 5.41) is 4.18. The van der Waals surface area contributed by atoms with Gasteiger partial charge < -0.3 is 9.42 Å². The van der Waals surface area contributed by atoms with Crippen LogP contribution in [0.5, 0.6) is 0 Å². The number of hydrogen-bond acceptors (Lipinski definition) is 5. The average Bonchev–Trinajstić information content (AvgIpc) is 3.00. The smallest absolute Gasteiger partial charge is 0.144 e. The largest absolute Gasteiger partial charge is 0.360 e. The van der Waals surface area contributed by atoms with Crippen molar-refractivity contribution in [3.05, 3.63) is 59.0 Å². The molecule has 0 saturated carbocycles. The minimum atomic E-state index is -0.279. The van der Waals surface area contributed by atoms with Gasteiger partial charge in [-0.15, -0.1) is 0 Å². The Morgan fingerprint density at radius 2 is 2.08 bits per heavy atom. The van der Waals surface area contributed by atoms with E-state index in [1.165, 1.54) is 12.1 Å². The molecular formula is C18H17FN4O. The summed E-state index contributed by atoms with van der Waals surface area (Å²) in [7, 11) is 0. The molecular weight excluding hydrogens is 307 g/mol. The second-order valence-corrected chi connectivity index (χ2v) is 6.02. The number of halogens is 1. The monoisotopic (exact) mass is 324 g/mol. The molecule has 24 heavy (non-hydrogen) atoms. The van der Waals surface area contributed by atoms with E-state index in [9.17, 15) is 4.39 Å². The van der Waals surface area contributed by atoms with E-state index in [1.807, 2.05) is 19.9 Å². The van der Waals surface area contributed by atoms with E-state index < -0.39 is 0 Å². The normalized spacial score (nSPS) is 13.9. The number of nitrogens with zero attached hydrogens (tertiary/aromatic N) is 4. The van der Waals surface area contributed by atoms with Gasteiger partial charge in [0.25, 0.3) is 0 Å². The van der Waals surface area contributed by atoms with Gasteiger partial charge in [-0.1, -0.05) is 17.3 Å². The highest BCUT2D eigenvalue weighted by molar-refractivity contribution is 5.65. The van der Waals surface area contributed by atoms with Gasteiger partial charge in [0.1, 0.15) is 29.4 Å². The van der Waals surface area contributed by atoms with Gasteiger partial charge in [0.15, 0.2) is 0 Å². The van der Waals surface area contributed by atoms with Crippen molar-refractivity contribution in [3.63, 3.8) is 0 Å². The standard InChI is InChI=1S/C18H17FN4O/c1-11-12(2)20-10-21-18(11)23-7-6-16-15(9-23)17(22-24-16)13-4-3-5-14(19)8-13/h3-5,8,10H,6-7,9H2,1-2H3. The second-order valence-electron chi connectivity index (χ2n) is 6.02. The summed E-state index contributed by atoms with van der Waals surface area (Å²) >= 11 is 0. The van der Waals surface area contributed by atoms with E-state index in [-0.39, 0.29) is 5.82 Å². The third kappa shape index (κ3) is 2.44. The lowest BCUT2D eigenvalue weighted by Crippen LogP contribution is -2.31. The molecule has 0 spiro atoms. The molecule has 3 heterocycles. The molecule has 0 fully saturated rings. The molecule has 5 nitrogen and oxygen atoms in total. The highest BCUT2D eigenvalue weighted by Crippen LogP contribution is 2.32. The molecule has 0 aliphatic carbocycles. The lowest BCUT2D eigenvalue weighted by atomic mass is 10.0. The van der Waals surface area contributed by atoms with Crippen molar-refractivity contribution in [2.24, 2.45) is 0 Å². The van der Waals surface area contributed by atoms with Gasteiger partial charge in [-0.05, 0) is 26.0 Å². The van der Waals surface area contributed by atoms with Crippen LogP contribution in [0.2, 0.25) is 0 Å². The Balaban J connectivity index is 1.72. The van der Waals surface area contributed by atoms with Crippen molar-refractivity contribution < 1.29 is 8.91 Å². The predicted octanol–water partition coefficient (Wildman–Crippen LogP) is 3.45. The zero-order valence-corrected chi connectivity index (χ0v) is 13.6. The van der Waals surface area contributed by atoms with Crippen LogP contribution in [0.1, 0.15) is 22.6 Å². The summed E-state index contributed by atoms with van der Waals surface area (Å²) in [5.41, 5.74) is 4.49. The zero-order chi connectivity index (χ0) is 16.7. The SMILES string of the molecule is Cc1ncnc(N2CCc3onc(-c4cccc(F)c4)c3C2)c1C. The number of aryl methyl sites for hydroxylation is 1. The number of aromatic nitrogens is 3. The molecule has 0 N–H and O–H groups in total. The Kier molecular flexibility index (Phi) is 3.52. The molecule has 2 aromatic heterocycles. The van der Waals surface area contributed by atoms with E-state index in [1.54, 1.807) is 12.4 Å². The van der Waals surface area contributed by atoms with Crippen molar-refractivity contribution in [2.45, 2.75) is 26.8 Å². The molecule has 1 aromatic carbocycles. The maximum absolute atomic E-state index is 13.5. The first kappa shape index (κ1) is 14.8. The maximum atomic E-state index is 13.5. The van der Waals surface area contributed by atoms with Crippen LogP contribution in [0, 0.1) is 19.7 Å². The highest BCUT2D eigenvalue weighted by Gasteiger charge is 2.26. The molecule has 0 radical (unpaired) electrons. The zero-order valence-electron chi connectivity index (χ0n) is 13.6. The van der Waals surface area contributed by atoms with Gasteiger partial charge in [-0.25, -0.2) is 14.4 Å². The minimum absolute atomic E-state index is 0.279. The number of rotatable bonds is 2. The molecule has 4 rings (SSSR count). The topological polar surface area (TPSA) is 55.1 Å². The number of hydrogen-bond donors (Lipinski definition) is 0. The maximum Gasteiger partial charge on any atom is 0.144 e. The van der Waals surface area contributed by atoms with Crippen LogP contribution in [0.4, 0.5) is 10.2 Å². The van der Waals surface area contributed by atoms with E-state index in [0.29, 0.717) is 12.2 Å². The molecule has 0 atom stereocenters. The van der Waals surface area contributed by atoms with Gasteiger partial charge in [-0.3, -0.25) is 0 Å². The molecule has 0 unspecified atom stereocenters. The van der Waals surface area contributed by atoms with Crippen molar-refractivity contribution in [2.75, 3.05) is 11.4 Å². The molecule has 0 bridgehead atoms. The minimum Gasteiger partial charge on any atom is -0.360 e. The lowest BCUT2D eigenvalue weighted by Gasteiger charge is -2.28. The Labute approximate surface area is 139 Å². The molecule has 1 aliphatic rings. The fourth-order valence-corrected chi connectivity index (χ4v) is 3.10. The van der Waals surface area contributed by atoms with Crippen LogP contribution in [0.3, 0.4) is 0 Å². The van der Waals surface area contributed by atoms with Crippen LogP contribution < -0.4 is 4.90 Å². The summed E-state index contributed by atoms with van der Waals surface area (Å²) in [5.74, 6) is 1.52. The molecule has 0 saturated heterocycles. The van der Waals surface area contributed by atoms with Crippen molar-refractivity contribution in [3.8, 4) is 11.3 Å². The van der Waals surface area contributed by atoms with E-state index in [4.69, 9.17) is 4.52 Å². The van der Waals surface area contributed by atoms with Crippen LogP contribution in [-0.2, 0) is 13.0 Å². The van der Waals surface area contributed by atoms with E-state index >= 15 is 0 Å². The quantitative estimate of drug-likeness (QED) is 0.722. The van der Waals surface area contributed by atoms with Crippen molar-refractivity contribution in [1.29, 1.82) is 0 Å². The Bertz CT molecular complexity index is 906. The molecule has 1 aliphatic heterocycles. The first-order valence-electron chi connectivity index (χ1n) is 7.90. The van der Waals surface area contributed by atoms with Crippen LogP contribution in [-0.4, -0.2) is 21.7 Å². The van der Waals surface area contributed by atoms with Gasteiger partial charge in [0, 0.05) is 35.3 Å². The van der Waals surface area contributed by atoms with Gasteiger partial charge in [-0.2, -0.15) is 0 Å². The summed E-state index contributed by atoms with van der Waals surface area (Å²) in [6, 6.07) is 6.44. The third-order valence-electron chi connectivity index (χ3n) is 4.53. The average molecular weight is 324 g/mol. The highest BCUT2D eigenvalue weighted by atomic mass is 19.1. The van der Waals surface area contributed by atoms with Crippen LogP contribution in [0.15, 0.2) is 35.1 Å². The number of fused-ring (bicyclic) bond motifs is 1. The summed E-state index contributed by atoms with van der Waals surface area (Å²) < 4.78 is 19.0. The lowest BCUT2D eigenvalue weighted by molar-refractivity contribution is 0.378. The van der Waals surface area contributed by atoms with Crippen molar-refractivity contribution >= 4 is 5.82 Å². The molecule has 3 aromatic rings. The van der Waals surface area contributed by atoms with Gasteiger partial charge >= 0.3 is 0 Å². The summed E-state index contributed by atoms with van der Waals surface area (Å²) in [6.07, 6.45) is 2.34. The molecule has 6 heteroatoms. The number of anilines is 1. The molecule has 0 amide bonds. The third-order valence-corrected chi connectivity index (χ3v) is 4.53. The van der Waals surface area contributed by atoms with E-state index in [0.717, 1.165) is 46.9 Å². The fraction of sp³-hybridized carbons (Fsp3) is 0.278. The second kappa shape index (κ2) is 5.70. The predicted molar refractivity (Wildman–Crippen MR) is 88.2 cm³/mol. The summed E-state index contributed by atoms with van der Waals surface area (Å²) in [6.45, 7) is 5.46. The van der Waals surface area contributed by atoms with Crippen LogP contribution >= 0.6 is 0 Å². The Morgan fingerprint density at radius 3 is 2.92 bits per heavy atom. The summed E-state index contributed by atoms with van der Waals surface area (Å²) in [4.78, 5) is 10.9. The molecule has 122 valence electrons. The van der Waals surface area contributed by atoms with Crippen molar-refractivity contribution in [1.82, 2.24) is 15.1 Å². The Hall–Kier alpha value is -2.76. The van der Waals surface area contributed by atoms with Gasteiger partial charge in [0.2, 0.25) is 0 Å². The van der Waals surface area contributed by atoms with E-state index in [2.05, 4.69) is 20.0 Å².